The molecule has 2 saturated carbocycles. The number of anilines is 2. The van der Waals surface area contributed by atoms with Crippen molar-refractivity contribution in [2.45, 2.75) is 138 Å². The summed E-state index contributed by atoms with van der Waals surface area (Å²) in [6.45, 7) is 7.63. The number of benzene rings is 2. The first-order valence-electron chi connectivity index (χ1n) is 24.2. The molecule has 4 aliphatic rings. The lowest BCUT2D eigenvalue weighted by Gasteiger charge is -2.31. The summed E-state index contributed by atoms with van der Waals surface area (Å²) in [5.74, 6) is -3.02. The van der Waals surface area contributed by atoms with Gasteiger partial charge in [-0.1, -0.05) is 37.5 Å². The van der Waals surface area contributed by atoms with Crippen molar-refractivity contribution in [2.75, 3.05) is 24.3 Å². The number of isocyanates is 1. The van der Waals surface area contributed by atoms with Gasteiger partial charge in [0.2, 0.25) is 23.8 Å². The molecule has 3 fully saturated rings. The Morgan fingerprint density at radius 3 is 2.49 bits per heavy atom. The molecule has 5 N–H and O–H groups in total. The number of para-hydroxylation sites is 1. The van der Waals surface area contributed by atoms with Gasteiger partial charge in [-0.2, -0.15) is 4.99 Å². The van der Waals surface area contributed by atoms with Crippen molar-refractivity contribution < 1.29 is 51.4 Å². The highest BCUT2D eigenvalue weighted by molar-refractivity contribution is 7.90. The summed E-state index contributed by atoms with van der Waals surface area (Å²) in [6, 6.07) is 8.32. The fourth-order valence-corrected chi connectivity index (χ4v) is 11.7. The zero-order valence-electron chi connectivity index (χ0n) is 40.3. The Labute approximate surface area is 421 Å². The summed E-state index contributed by atoms with van der Waals surface area (Å²) < 4.78 is 48.3. The average molecular weight is 1030 g/mol. The highest BCUT2D eigenvalue weighted by Crippen LogP contribution is 2.51. The molecule has 2 aromatic carbocycles. The number of aromatic nitrogens is 2. The number of sulfonamides is 1. The van der Waals surface area contributed by atoms with Crippen molar-refractivity contribution in [3.05, 3.63) is 66.6 Å². The van der Waals surface area contributed by atoms with E-state index in [1.165, 1.54) is 59.8 Å². The Morgan fingerprint density at radius 1 is 0.986 bits per heavy atom. The van der Waals surface area contributed by atoms with Crippen molar-refractivity contribution in [3.63, 3.8) is 0 Å². The van der Waals surface area contributed by atoms with E-state index in [9.17, 15) is 27.6 Å². The van der Waals surface area contributed by atoms with Crippen LogP contribution >= 0.6 is 11.3 Å². The van der Waals surface area contributed by atoms with Gasteiger partial charge in [0.1, 0.15) is 58.0 Å². The molecule has 0 bridgehead atoms. The third-order valence-corrected chi connectivity index (χ3v) is 15.6. The van der Waals surface area contributed by atoms with E-state index >= 15 is 9.59 Å². The molecule has 1 unspecified atom stereocenters. The SMILES string of the molecule is C=C[C@@H]1C[C@]1(N=C=O)C1NC(=O)[C@@H]2C[C@@H](Oc3cc(-c4csc(NC(C)C)n4)nc4cc(OC)ccc34)CN2C(=O)[C@@H](NC(=O)OC2CCCC2)CCCCCCC(=O)Nc2ccccc2S(=O)(=O)NC1=O. The van der Waals surface area contributed by atoms with Gasteiger partial charge in [-0.05, 0) is 83.1 Å². The molecule has 1 saturated heterocycles. The lowest BCUT2D eigenvalue weighted by Crippen LogP contribution is -2.60. The maximum atomic E-state index is 15.1. The smallest absolute Gasteiger partial charge is 0.408 e. The molecular formula is C50H59N9O11S2. The van der Waals surface area contributed by atoms with Gasteiger partial charge in [-0.3, -0.25) is 19.2 Å². The first kappa shape index (κ1) is 51.5. The van der Waals surface area contributed by atoms with Gasteiger partial charge in [0.25, 0.3) is 15.9 Å². The fraction of sp³-hybridized carbons (Fsp3) is 0.480. The number of ether oxygens (including phenoxy) is 3. The van der Waals surface area contributed by atoms with Crippen LogP contribution in [0.25, 0.3) is 22.3 Å². The summed E-state index contributed by atoms with van der Waals surface area (Å²) in [5, 5.41) is 14.5. The van der Waals surface area contributed by atoms with Crippen molar-refractivity contribution in [1.82, 2.24) is 30.2 Å². The molecule has 6 atom stereocenters. The first-order valence-corrected chi connectivity index (χ1v) is 26.6. The van der Waals surface area contributed by atoms with Gasteiger partial charge in [0.05, 0.1) is 30.6 Å². The number of alkyl carbamates (subject to hydrolysis) is 1. The van der Waals surface area contributed by atoms with Crippen molar-refractivity contribution in [1.29, 1.82) is 0 Å². The minimum atomic E-state index is -4.76. The predicted molar refractivity (Wildman–Crippen MR) is 268 cm³/mol. The minimum Gasteiger partial charge on any atom is -0.497 e. The number of rotatable bonds is 11. The molecule has 2 aliphatic heterocycles. The Kier molecular flexibility index (Phi) is 15.9. The molecule has 4 aromatic rings. The quantitative estimate of drug-likeness (QED) is 0.0643. The summed E-state index contributed by atoms with van der Waals surface area (Å²) in [5.41, 5.74) is -0.211. The number of carbonyl (C=O) groups excluding carboxylic acids is 6. The number of carbonyl (C=O) groups is 5. The number of nitrogens with zero attached hydrogens (tertiary/aromatic N) is 4. The zero-order chi connectivity index (χ0) is 51.2. The molecular weight excluding hydrogens is 967 g/mol. The number of nitrogens with one attached hydrogen (secondary N) is 5. The summed E-state index contributed by atoms with van der Waals surface area (Å²) >= 11 is 1.41. The van der Waals surface area contributed by atoms with Crippen LogP contribution in [0.15, 0.2) is 76.5 Å². The molecule has 2 aromatic heterocycles. The monoisotopic (exact) mass is 1030 g/mol. The Morgan fingerprint density at radius 2 is 1.75 bits per heavy atom. The van der Waals surface area contributed by atoms with Gasteiger partial charge in [-0.15, -0.1) is 17.9 Å². The predicted octanol–water partition coefficient (Wildman–Crippen LogP) is 6.14. The largest absolute Gasteiger partial charge is 0.497 e. The number of fused-ring (bicyclic) bond motifs is 3. The third kappa shape index (κ3) is 11.7. The molecule has 2 aliphatic carbocycles. The van der Waals surface area contributed by atoms with Gasteiger partial charge < -0.3 is 40.4 Å². The van der Waals surface area contributed by atoms with E-state index in [1.54, 1.807) is 24.3 Å². The van der Waals surface area contributed by atoms with E-state index in [0.29, 0.717) is 77.4 Å². The minimum absolute atomic E-state index is 0.0151. The highest BCUT2D eigenvalue weighted by Gasteiger charge is 2.62. The lowest BCUT2D eigenvalue weighted by molar-refractivity contribution is -0.141. The van der Waals surface area contributed by atoms with Crippen LogP contribution in [-0.4, -0.2) is 115 Å². The van der Waals surface area contributed by atoms with Crippen LogP contribution in [-0.2, 0) is 38.7 Å². The summed E-state index contributed by atoms with van der Waals surface area (Å²) in [7, 11) is -3.22. The fourth-order valence-electron chi connectivity index (χ4n) is 9.68. The van der Waals surface area contributed by atoms with Crippen molar-refractivity contribution >= 4 is 78.9 Å². The van der Waals surface area contributed by atoms with Crippen LogP contribution in [0.2, 0.25) is 0 Å². The second-order valence-corrected chi connectivity index (χ2v) is 21.4. The van der Waals surface area contributed by atoms with Crippen LogP contribution in [0.1, 0.15) is 90.9 Å². The van der Waals surface area contributed by atoms with E-state index in [1.807, 2.05) is 23.9 Å². The Hall–Kier alpha value is -6.90. The summed E-state index contributed by atoms with van der Waals surface area (Å²) in [6.07, 6.45) is 6.15. The number of methoxy groups -OCH3 is 1. The van der Waals surface area contributed by atoms with Crippen LogP contribution in [0.5, 0.6) is 11.5 Å². The van der Waals surface area contributed by atoms with Gasteiger partial charge in [0.15, 0.2) is 5.13 Å². The van der Waals surface area contributed by atoms with Crippen LogP contribution < -0.4 is 35.5 Å². The molecule has 0 radical (unpaired) electrons. The molecule has 4 heterocycles. The average Bonchev–Trinajstić information content (AvgIpc) is 3.77. The number of hydrogen-bond acceptors (Lipinski definition) is 16. The van der Waals surface area contributed by atoms with E-state index < -0.39 is 80.3 Å². The van der Waals surface area contributed by atoms with Gasteiger partial charge in [0, 0.05) is 47.7 Å². The van der Waals surface area contributed by atoms with E-state index in [4.69, 9.17) is 24.2 Å². The van der Waals surface area contributed by atoms with Crippen LogP contribution in [0.3, 0.4) is 0 Å². The standard InChI is InChI=1S/C50H59N9O11S2/c1-5-30-25-50(30,51-28-60)44-46(63)58-72(66,67)42-18-13-12-16-35(42)54-43(61)19-9-7-6-8-17-36(56-49(65)70-31-14-10-11-15-31)47(64)59-26-33(23-40(59)45(62)57-44)69-41-24-38(39-27-71-48(55-39)52-29(2)3)53-37-22-32(68-4)20-21-34(37)41/h5,12-13,16,18,20-22,24,27,29-31,33,36,40,44H,1,6-11,14-15,17,19,23,25-26H2,2-4H3,(H,52,55)(H,54,61)(H,56,65)(H,57,62)(H,58,63)/t30-,33-,36+,40+,44?,50-/m1/s1. The summed E-state index contributed by atoms with van der Waals surface area (Å²) in [4.78, 5) is 97.8. The van der Waals surface area contributed by atoms with Crippen molar-refractivity contribution in [2.24, 2.45) is 10.9 Å². The number of amides is 5. The number of aliphatic imine (C=N–C) groups is 1. The van der Waals surface area contributed by atoms with E-state index in [-0.39, 0.29) is 50.1 Å². The van der Waals surface area contributed by atoms with Gasteiger partial charge >= 0.3 is 6.09 Å². The zero-order valence-corrected chi connectivity index (χ0v) is 41.9. The molecule has 382 valence electrons. The number of hydrogen-bond donors (Lipinski definition) is 5. The number of thiazole rings is 1. The normalized spacial score (nSPS) is 25.2. The Balaban J connectivity index is 1.18. The first-order chi connectivity index (χ1) is 34.6. The van der Waals surface area contributed by atoms with E-state index in [2.05, 4.69) is 32.8 Å². The molecule has 20 nitrogen and oxygen atoms in total. The molecule has 8 rings (SSSR count). The highest BCUT2D eigenvalue weighted by atomic mass is 32.2. The van der Waals surface area contributed by atoms with Crippen molar-refractivity contribution in [3.8, 4) is 22.9 Å². The lowest BCUT2D eigenvalue weighted by atomic mass is 10.0. The topological polar surface area (TPSA) is 266 Å². The van der Waals surface area contributed by atoms with E-state index in [0.717, 1.165) is 12.8 Å². The van der Waals surface area contributed by atoms with Crippen LogP contribution in [0, 0.1) is 5.92 Å². The third-order valence-electron chi connectivity index (χ3n) is 13.4. The molecule has 22 heteroatoms. The van der Waals surface area contributed by atoms with Gasteiger partial charge in [-0.25, -0.2) is 32.7 Å². The molecule has 0 spiro atoms. The number of pyridine rings is 1. The molecule has 72 heavy (non-hydrogen) atoms. The maximum absolute atomic E-state index is 15.1. The second kappa shape index (κ2) is 22.3. The second-order valence-electron chi connectivity index (χ2n) is 18.9. The Bertz CT molecular complexity index is 2880. The maximum Gasteiger partial charge on any atom is 0.408 e. The van der Waals surface area contributed by atoms with Crippen LogP contribution in [0.4, 0.5) is 15.6 Å². The molecule has 5 amide bonds.